The second kappa shape index (κ2) is 3.49. The molecule has 1 atom stereocenters. The second-order valence-corrected chi connectivity index (χ2v) is 5.11. The first-order valence-electron chi connectivity index (χ1n) is 6.28. The lowest BCUT2D eigenvalue weighted by atomic mass is 9.78. The van der Waals surface area contributed by atoms with E-state index in [2.05, 4.69) is 18.2 Å². The molecule has 86 valence electrons. The lowest BCUT2D eigenvalue weighted by molar-refractivity contribution is 0.338. The molecule has 1 aromatic carbocycles. The number of benzene rings is 1. The van der Waals surface area contributed by atoms with Gasteiger partial charge in [-0.3, -0.25) is 0 Å². The van der Waals surface area contributed by atoms with Crippen LogP contribution in [-0.4, -0.2) is 6.61 Å². The van der Waals surface area contributed by atoms with Crippen LogP contribution in [0.25, 0.3) is 0 Å². The van der Waals surface area contributed by atoms with Gasteiger partial charge in [-0.1, -0.05) is 6.07 Å². The Hall–Kier alpha value is -1.02. The van der Waals surface area contributed by atoms with E-state index in [0.29, 0.717) is 5.41 Å². The van der Waals surface area contributed by atoms with Crippen LogP contribution in [0.1, 0.15) is 49.8 Å². The molecule has 2 heteroatoms. The summed E-state index contributed by atoms with van der Waals surface area (Å²) in [4.78, 5) is 0. The maximum absolute atomic E-state index is 6.18. The van der Waals surface area contributed by atoms with Gasteiger partial charge in [0.1, 0.15) is 5.75 Å². The summed E-state index contributed by atoms with van der Waals surface area (Å²) in [5, 5.41) is 0. The van der Waals surface area contributed by atoms with Crippen molar-refractivity contribution < 1.29 is 4.74 Å². The van der Waals surface area contributed by atoms with Crippen molar-refractivity contribution in [2.75, 3.05) is 6.61 Å². The van der Waals surface area contributed by atoms with Gasteiger partial charge < -0.3 is 10.5 Å². The van der Waals surface area contributed by atoms with Crippen molar-refractivity contribution in [3.05, 3.63) is 29.3 Å². The lowest BCUT2D eigenvalue weighted by Gasteiger charge is -2.30. The third-order valence-electron chi connectivity index (χ3n) is 4.09. The van der Waals surface area contributed by atoms with Gasteiger partial charge in [-0.15, -0.1) is 0 Å². The van der Waals surface area contributed by atoms with E-state index < -0.39 is 0 Å². The van der Waals surface area contributed by atoms with Crippen LogP contribution in [0.15, 0.2) is 18.2 Å². The quantitative estimate of drug-likeness (QED) is 0.826. The minimum absolute atomic E-state index is 0.233. The van der Waals surface area contributed by atoms with Crippen LogP contribution in [0, 0.1) is 0 Å². The van der Waals surface area contributed by atoms with Gasteiger partial charge in [0.2, 0.25) is 0 Å². The van der Waals surface area contributed by atoms with E-state index in [9.17, 15) is 0 Å². The van der Waals surface area contributed by atoms with Crippen molar-refractivity contribution in [2.45, 2.75) is 44.1 Å². The largest absolute Gasteiger partial charge is 0.494 e. The number of hydrogen-bond donors (Lipinski definition) is 1. The Kier molecular flexibility index (Phi) is 2.21. The number of rotatable bonds is 2. The molecule has 1 saturated carbocycles. The Labute approximate surface area is 96.8 Å². The summed E-state index contributed by atoms with van der Waals surface area (Å²) in [7, 11) is 0. The third kappa shape index (κ3) is 1.44. The summed E-state index contributed by atoms with van der Waals surface area (Å²) in [5.41, 5.74) is 9.47. The van der Waals surface area contributed by atoms with Gasteiger partial charge in [0, 0.05) is 6.04 Å². The van der Waals surface area contributed by atoms with Gasteiger partial charge >= 0.3 is 0 Å². The average molecular weight is 217 g/mol. The average Bonchev–Trinajstić information content (AvgIpc) is 3.06. The predicted octanol–water partition coefficient (Wildman–Crippen LogP) is 2.91. The van der Waals surface area contributed by atoms with Gasteiger partial charge in [-0.25, -0.2) is 0 Å². The highest BCUT2D eigenvalue weighted by atomic mass is 16.5. The predicted molar refractivity (Wildman–Crippen MR) is 64.7 cm³/mol. The van der Waals surface area contributed by atoms with Gasteiger partial charge in [-0.05, 0) is 61.3 Å². The first-order valence-corrected chi connectivity index (χ1v) is 6.28. The number of nitrogens with two attached hydrogens (primary N) is 1. The molecule has 0 saturated heterocycles. The monoisotopic (exact) mass is 217 g/mol. The fourth-order valence-electron chi connectivity index (χ4n) is 2.97. The molecular weight excluding hydrogens is 198 g/mol. The van der Waals surface area contributed by atoms with Crippen molar-refractivity contribution in [1.82, 2.24) is 0 Å². The summed E-state index contributed by atoms with van der Waals surface area (Å²) in [6.07, 6.45) is 5.07. The Morgan fingerprint density at radius 1 is 1.38 bits per heavy atom. The Morgan fingerprint density at radius 3 is 2.88 bits per heavy atom. The molecule has 3 rings (SSSR count). The van der Waals surface area contributed by atoms with Gasteiger partial charge in [0.25, 0.3) is 0 Å². The minimum atomic E-state index is 0.233. The van der Waals surface area contributed by atoms with Crippen LogP contribution in [0.2, 0.25) is 0 Å². The Balaban J connectivity index is 2.04. The highest BCUT2D eigenvalue weighted by molar-refractivity contribution is 5.46. The van der Waals surface area contributed by atoms with Crippen molar-refractivity contribution >= 4 is 0 Å². The molecule has 1 fully saturated rings. The molecule has 0 bridgehead atoms. The fraction of sp³-hybridized carbons (Fsp3) is 0.571. The highest BCUT2D eigenvalue weighted by Crippen LogP contribution is 2.57. The zero-order valence-electron chi connectivity index (χ0n) is 9.83. The smallest absolute Gasteiger partial charge is 0.119 e. The molecule has 16 heavy (non-hydrogen) atoms. The van der Waals surface area contributed by atoms with Crippen molar-refractivity contribution in [2.24, 2.45) is 5.73 Å². The van der Waals surface area contributed by atoms with Crippen LogP contribution in [0.4, 0.5) is 0 Å². The molecule has 0 amide bonds. The standard InChI is InChI=1S/C14H19NO/c1-2-16-10-3-4-11-12(9-10)14(7-8-14)6-5-13(11)15/h3-4,9,13H,2,5-8,15H2,1H3. The molecule has 0 heterocycles. The fourth-order valence-corrected chi connectivity index (χ4v) is 2.97. The zero-order chi connectivity index (χ0) is 11.2. The van der Waals surface area contributed by atoms with E-state index in [0.717, 1.165) is 18.8 Å². The van der Waals surface area contributed by atoms with Crippen LogP contribution < -0.4 is 10.5 Å². The summed E-state index contributed by atoms with van der Waals surface area (Å²) < 4.78 is 5.59. The van der Waals surface area contributed by atoms with E-state index in [4.69, 9.17) is 10.5 Å². The number of ether oxygens (including phenoxy) is 1. The molecule has 2 aliphatic carbocycles. The maximum Gasteiger partial charge on any atom is 0.119 e. The minimum Gasteiger partial charge on any atom is -0.494 e. The van der Waals surface area contributed by atoms with Gasteiger partial charge in [0.15, 0.2) is 0 Å². The van der Waals surface area contributed by atoms with Crippen LogP contribution in [0.5, 0.6) is 5.75 Å². The normalized spacial score (nSPS) is 25.2. The van der Waals surface area contributed by atoms with Crippen molar-refractivity contribution in [3.63, 3.8) is 0 Å². The van der Waals surface area contributed by atoms with Crippen LogP contribution >= 0.6 is 0 Å². The topological polar surface area (TPSA) is 35.2 Å². The molecule has 0 aromatic heterocycles. The molecule has 0 aliphatic heterocycles. The molecule has 0 radical (unpaired) electrons. The first kappa shape index (κ1) is 10.2. The molecule has 2 nitrogen and oxygen atoms in total. The highest BCUT2D eigenvalue weighted by Gasteiger charge is 2.48. The van der Waals surface area contributed by atoms with Gasteiger partial charge in [0.05, 0.1) is 6.61 Å². The number of hydrogen-bond acceptors (Lipinski definition) is 2. The van der Waals surface area contributed by atoms with E-state index in [1.807, 2.05) is 6.92 Å². The van der Waals surface area contributed by atoms with E-state index in [1.54, 1.807) is 0 Å². The van der Waals surface area contributed by atoms with E-state index >= 15 is 0 Å². The maximum atomic E-state index is 6.18. The molecule has 2 N–H and O–H groups in total. The molecular formula is C14H19NO. The van der Waals surface area contributed by atoms with E-state index in [1.165, 1.54) is 30.4 Å². The third-order valence-corrected chi connectivity index (χ3v) is 4.09. The molecule has 2 aliphatic rings. The molecule has 1 aromatic rings. The summed E-state index contributed by atoms with van der Waals surface area (Å²) >= 11 is 0. The summed E-state index contributed by atoms with van der Waals surface area (Å²) in [5.74, 6) is 1.00. The van der Waals surface area contributed by atoms with Crippen LogP contribution in [-0.2, 0) is 5.41 Å². The second-order valence-electron chi connectivity index (χ2n) is 5.11. The first-order chi connectivity index (χ1) is 7.75. The molecule has 1 unspecified atom stereocenters. The summed E-state index contributed by atoms with van der Waals surface area (Å²) in [6.45, 7) is 2.76. The van der Waals surface area contributed by atoms with E-state index in [-0.39, 0.29) is 6.04 Å². The zero-order valence-corrected chi connectivity index (χ0v) is 9.83. The number of fused-ring (bicyclic) bond motifs is 2. The summed E-state index contributed by atoms with van der Waals surface area (Å²) in [6, 6.07) is 6.69. The Bertz CT molecular complexity index is 409. The van der Waals surface area contributed by atoms with Gasteiger partial charge in [-0.2, -0.15) is 0 Å². The van der Waals surface area contributed by atoms with Crippen molar-refractivity contribution in [1.29, 1.82) is 0 Å². The Morgan fingerprint density at radius 2 is 2.19 bits per heavy atom. The van der Waals surface area contributed by atoms with Crippen LogP contribution in [0.3, 0.4) is 0 Å². The molecule has 1 spiro atoms. The lowest BCUT2D eigenvalue weighted by Crippen LogP contribution is -2.24. The van der Waals surface area contributed by atoms with Crippen molar-refractivity contribution in [3.8, 4) is 5.75 Å². The SMILES string of the molecule is CCOc1ccc2c(c1)C1(CCC2N)CC1.